The van der Waals surface area contributed by atoms with Gasteiger partial charge in [-0.15, -0.1) is 5.10 Å². The van der Waals surface area contributed by atoms with Gasteiger partial charge in [-0.2, -0.15) is 0 Å². The Morgan fingerprint density at radius 2 is 1.71 bits per heavy atom. The first-order chi connectivity index (χ1) is 16.4. The lowest BCUT2D eigenvalue weighted by molar-refractivity contribution is -0.142. The van der Waals surface area contributed by atoms with E-state index < -0.39 is 23.2 Å². The Hall–Kier alpha value is -3.82. The molecular formula is C24H24F2N4O4. The monoisotopic (exact) mass is 470 g/mol. The Bertz CT molecular complexity index is 1140. The van der Waals surface area contributed by atoms with Crippen molar-refractivity contribution in [2.24, 2.45) is 5.92 Å². The van der Waals surface area contributed by atoms with Gasteiger partial charge in [0.1, 0.15) is 17.3 Å². The second-order valence-electron chi connectivity index (χ2n) is 8.21. The zero-order valence-electron chi connectivity index (χ0n) is 18.5. The van der Waals surface area contributed by atoms with E-state index in [0.717, 1.165) is 37.8 Å². The number of para-hydroxylation sites is 1. The van der Waals surface area contributed by atoms with Crippen LogP contribution in [-0.2, 0) is 9.53 Å². The molecule has 2 N–H and O–H groups in total. The largest absolute Gasteiger partial charge is 0.469 e. The van der Waals surface area contributed by atoms with Crippen molar-refractivity contribution in [2.45, 2.75) is 38.0 Å². The molecule has 1 aromatic heterocycles. The van der Waals surface area contributed by atoms with Crippen molar-refractivity contribution < 1.29 is 27.5 Å². The Morgan fingerprint density at radius 3 is 2.35 bits per heavy atom. The fourth-order valence-electron chi connectivity index (χ4n) is 4.13. The van der Waals surface area contributed by atoms with Crippen LogP contribution in [0, 0.1) is 17.6 Å². The molecule has 0 bridgehead atoms. The van der Waals surface area contributed by atoms with Crippen LogP contribution in [0.3, 0.4) is 0 Å². The molecule has 1 saturated carbocycles. The fourth-order valence-corrected chi connectivity index (χ4v) is 4.13. The molecule has 10 heteroatoms. The maximum Gasteiger partial charge on any atom is 0.320 e. The van der Waals surface area contributed by atoms with Crippen LogP contribution in [-0.4, -0.2) is 29.2 Å². The lowest BCUT2D eigenvalue weighted by atomic mass is 9.77. The minimum Gasteiger partial charge on any atom is -0.469 e. The number of aromatic nitrogens is 2. The summed E-state index contributed by atoms with van der Waals surface area (Å²) in [5, 5.41) is 12.2. The van der Waals surface area contributed by atoms with Crippen molar-refractivity contribution in [3.63, 3.8) is 0 Å². The number of amides is 1. The number of rotatable bonds is 7. The third kappa shape index (κ3) is 5.56. The summed E-state index contributed by atoms with van der Waals surface area (Å²) in [6, 6.07) is 10.6. The number of hydrogen-bond donors (Lipinski definition) is 2. The van der Waals surface area contributed by atoms with Crippen molar-refractivity contribution in [3.8, 4) is 0 Å². The second-order valence-corrected chi connectivity index (χ2v) is 8.21. The fraction of sp³-hybridized carbons (Fsp3) is 0.333. The molecule has 8 nitrogen and oxygen atoms in total. The van der Waals surface area contributed by atoms with Crippen LogP contribution in [0.4, 0.5) is 26.2 Å². The molecule has 1 amide bonds. The molecule has 0 radical (unpaired) electrons. The van der Waals surface area contributed by atoms with E-state index >= 15 is 0 Å². The predicted octanol–water partition coefficient (Wildman–Crippen LogP) is 5.18. The van der Waals surface area contributed by atoms with Crippen LogP contribution in [0.15, 0.2) is 46.9 Å². The summed E-state index contributed by atoms with van der Waals surface area (Å²) >= 11 is 0. The summed E-state index contributed by atoms with van der Waals surface area (Å²) in [7, 11) is 1.41. The molecule has 0 saturated heterocycles. The molecule has 34 heavy (non-hydrogen) atoms. The highest BCUT2D eigenvalue weighted by molar-refractivity contribution is 6.00. The number of carbonyl (C=O) groups excluding carboxylic acids is 2. The van der Waals surface area contributed by atoms with Gasteiger partial charge < -0.3 is 19.8 Å². The minimum atomic E-state index is -0.832. The quantitative estimate of drug-likeness (QED) is 0.458. The average Bonchev–Trinajstić information content (AvgIpc) is 3.31. The van der Waals surface area contributed by atoms with Gasteiger partial charge in [0.2, 0.25) is 0 Å². The van der Waals surface area contributed by atoms with Gasteiger partial charge in [0, 0.05) is 12.1 Å². The summed E-state index contributed by atoms with van der Waals surface area (Å²) in [5.74, 6) is -2.06. The van der Waals surface area contributed by atoms with E-state index in [2.05, 4.69) is 20.8 Å². The number of halogens is 2. The van der Waals surface area contributed by atoms with Gasteiger partial charge in [-0.1, -0.05) is 23.3 Å². The van der Waals surface area contributed by atoms with Crippen molar-refractivity contribution >= 4 is 29.3 Å². The molecule has 1 aliphatic rings. The number of nitrogens with zero attached hydrogens (tertiary/aromatic N) is 2. The minimum absolute atomic E-state index is 0.160. The maximum absolute atomic E-state index is 13.7. The summed E-state index contributed by atoms with van der Waals surface area (Å²) in [6.07, 6.45) is 4.41. The molecule has 0 aliphatic heterocycles. The Labute approximate surface area is 194 Å². The molecule has 3 aromatic rings. The van der Waals surface area contributed by atoms with E-state index in [1.807, 2.05) is 12.1 Å². The van der Waals surface area contributed by atoms with E-state index in [9.17, 15) is 18.4 Å². The standard InChI is InChI=1S/C24H24F2N4O4/c1-33-20(31)13-14-5-7-15(8-6-14)16-9-11-17(12-10-16)27-22(32)23-29-30-24(34-23)28-21-18(25)3-2-4-19(21)26/h2-4,9-12,14-15H,5-8,13H2,1H3,(H,27,32)(H,28,30). The first kappa shape index (κ1) is 23.3. The number of carbonyl (C=O) groups is 2. The van der Waals surface area contributed by atoms with E-state index in [1.165, 1.54) is 18.7 Å². The molecule has 2 aromatic carbocycles. The number of ether oxygens (including phenoxy) is 1. The second kappa shape index (κ2) is 10.4. The number of benzene rings is 2. The van der Waals surface area contributed by atoms with Crippen LogP contribution in [0.2, 0.25) is 0 Å². The maximum atomic E-state index is 13.7. The number of hydrogen-bond acceptors (Lipinski definition) is 7. The lowest BCUT2D eigenvalue weighted by Gasteiger charge is -2.28. The van der Waals surface area contributed by atoms with Gasteiger partial charge in [0.25, 0.3) is 0 Å². The zero-order chi connectivity index (χ0) is 24.1. The number of anilines is 3. The van der Waals surface area contributed by atoms with Crippen LogP contribution < -0.4 is 10.6 Å². The van der Waals surface area contributed by atoms with E-state index in [0.29, 0.717) is 23.9 Å². The Kier molecular flexibility index (Phi) is 7.15. The number of nitrogens with one attached hydrogen (secondary N) is 2. The molecular weight excluding hydrogens is 446 g/mol. The first-order valence-corrected chi connectivity index (χ1v) is 11.0. The van der Waals surface area contributed by atoms with Crippen molar-refractivity contribution in [1.29, 1.82) is 0 Å². The highest BCUT2D eigenvalue weighted by Gasteiger charge is 2.24. The number of esters is 1. The molecule has 0 spiro atoms. The molecule has 1 fully saturated rings. The van der Waals surface area contributed by atoms with Crippen molar-refractivity contribution in [2.75, 3.05) is 17.7 Å². The molecule has 1 heterocycles. The van der Waals surface area contributed by atoms with E-state index in [4.69, 9.17) is 9.15 Å². The SMILES string of the molecule is COC(=O)CC1CCC(c2ccc(NC(=O)c3nnc(Nc4c(F)cccc4F)o3)cc2)CC1. The molecule has 178 valence electrons. The van der Waals surface area contributed by atoms with Crippen molar-refractivity contribution in [1.82, 2.24) is 10.2 Å². The molecule has 0 atom stereocenters. The Morgan fingerprint density at radius 1 is 1.03 bits per heavy atom. The van der Waals surface area contributed by atoms with Gasteiger partial charge in [0.05, 0.1) is 7.11 Å². The highest BCUT2D eigenvalue weighted by Crippen LogP contribution is 2.37. The molecule has 0 unspecified atom stereocenters. The summed E-state index contributed by atoms with van der Waals surface area (Å²) in [4.78, 5) is 23.9. The molecule has 4 rings (SSSR count). The summed E-state index contributed by atoms with van der Waals surface area (Å²) in [6.45, 7) is 0. The van der Waals surface area contributed by atoms with Gasteiger partial charge in [-0.25, -0.2) is 8.78 Å². The third-order valence-corrected chi connectivity index (χ3v) is 5.98. The van der Waals surface area contributed by atoms with Gasteiger partial charge in [-0.3, -0.25) is 9.59 Å². The van der Waals surface area contributed by atoms with Gasteiger partial charge >= 0.3 is 23.8 Å². The first-order valence-electron chi connectivity index (χ1n) is 11.0. The topological polar surface area (TPSA) is 106 Å². The van der Waals surface area contributed by atoms with Crippen LogP contribution in [0.25, 0.3) is 0 Å². The smallest absolute Gasteiger partial charge is 0.320 e. The van der Waals surface area contributed by atoms with Crippen LogP contribution in [0.5, 0.6) is 0 Å². The van der Waals surface area contributed by atoms with E-state index in [1.54, 1.807) is 12.1 Å². The van der Waals surface area contributed by atoms with Gasteiger partial charge in [0.15, 0.2) is 0 Å². The predicted molar refractivity (Wildman–Crippen MR) is 120 cm³/mol. The summed E-state index contributed by atoms with van der Waals surface area (Å²) in [5.41, 5.74) is 1.26. The zero-order valence-corrected chi connectivity index (χ0v) is 18.5. The van der Waals surface area contributed by atoms with Gasteiger partial charge in [-0.05, 0) is 67.3 Å². The van der Waals surface area contributed by atoms with Crippen LogP contribution >= 0.6 is 0 Å². The molecule has 1 aliphatic carbocycles. The van der Waals surface area contributed by atoms with E-state index in [-0.39, 0.29) is 17.9 Å². The summed E-state index contributed by atoms with van der Waals surface area (Å²) < 4.78 is 37.4. The lowest BCUT2D eigenvalue weighted by Crippen LogP contribution is -2.17. The van der Waals surface area contributed by atoms with Crippen molar-refractivity contribution in [3.05, 3.63) is 65.6 Å². The van der Waals surface area contributed by atoms with Crippen LogP contribution in [0.1, 0.15) is 54.3 Å². The highest BCUT2D eigenvalue weighted by atomic mass is 19.1. The Balaban J connectivity index is 1.32. The average molecular weight is 470 g/mol. The third-order valence-electron chi connectivity index (χ3n) is 5.98. The normalized spacial score (nSPS) is 17.7. The number of methoxy groups -OCH3 is 1.